The van der Waals surface area contributed by atoms with Crippen molar-refractivity contribution in [1.82, 2.24) is 10.3 Å². The van der Waals surface area contributed by atoms with E-state index in [1.165, 1.54) is 31.3 Å². The summed E-state index contributed by atoms with van der Waals surface area (Å²) in [5, 5.41) is 3.02. The zero-order valence-corrected chi connectivity index (χ0v) is 11.3. The molecule has 1 atom stereocenters. The van der Waals surface area contributed by atoms with Gasteiger partial charge in [-0.05, 0) is 30.7 Å². The van der Waals surface area contributed by atoms with Gasteiger partial charge in [0.1, 0.15) is 5.82 Å². The Labute approximate surface area is 115 Å². The van der Waals surface area contributed by atoms with Crippen LogP contribution in [0, 0.1) is 24.4 Å². The number of pyridine rings is 1. The van der Waals surface area contributed by atoms with Crippen molar-refractivity contribution in [2.24, 2.45) is 0 Å². The van der Waals surface area contributed by atoms with Crippen molar-refractivity contribution in [3.8, 4) is 0 Å². The summed E-state index contributed by atoms with van der Waals surface area (Å²) in [5.41, 5.74) is 0.829. The first-order valence-corrected chi connectivity index (χ1v) is 6.33. The zero-order valence-electron chi connectivity index (χ0n) is 11.3. The predicted molar refractivity (Wildman–Crippen MR) is 70.8 cm³/mol. The summed E-state index contributed by atoms with van der Waals surface area (Å²) in [4.78, 5) is 3.75. The molecule has 1 aromatic carbocycles. The number of hydrogen-bond donors (Lipinski definition) is 1. The van der Waals surface area contributed by atoms with E-state index in [9.17, 15) is 13.2 Å². The molecule has 2 rings (SSSR count). The molecule has 0 spiro atoms. The van der Waals surface area contributed by atoms with Crippen molar-refractivity contribution in [2.45, 2.75) is 19.9 Å². The summed E-state index contributed by atoms with van der Waals surface area (Å²) in [6.45, 7) is 3.85. The lowest BCUT2D eigenvalue weighted by Crippen LogP contribution is -2.23. The molecule has 2 aromatic rings. The van der Waals surface area contributed by atoms with Crippen LogP contribution in [0.2, 0.25) is 0 Å². The molecule has 0 aliphatic heterocycles. The number of aromatic nitrogens is 1. The molecule has 106 valence electrons. The first kappa shape index (κ1) is 14.5. The lowest BCUT2D eigenvalue weighted by atomic mass is 9.98. The van der Waals surface area contributed by atoms with Gasteiger partial charge >= 0.3 is 0 Å². The summed E-state index contributed by atoms with van der Waals surface area (Å²) in [7, 11) is 0. The van der Waals surface area contributed by atoms with Crippen molar-refractivity contribution < 1.29 is 13.2 Å². The molecule has 2 nitrogen and oxygen atoms in total. The first-order valence-electron chi connectivity index (χ1n) is 6.33. The number of hydrogen-bond acceptors (Lipinski definition) is 2. The predicted octanol–water partition coefficient (Wildman–Crippen LogP) is 3.51. The van der Waals surface area contributed by atoms with Crippen molar-refractivity contribution in [3.05, 3.63) is 64.7 Å². The monoisotopic (exact) mass is 280 g/mol. The van der Waals surface area contributed by atoms with Crippen LogP contribution in [0.1, 0.15) is 29.7 Å². The van der Waals surface area contributed by atoms with E-state index in [4.69, 9.17) is 0 Å². The highest BCUT2D eigenvalue weighted by Crippen LogP contribution is 2.27. The van der Waals surface area contributed by atoms with Crippen molar-refractivity contribution in [1.29, 1.82) is 0 Å². The van der Waals surface area contributed by atoms with Crippen LogP contribution in [0.25, 0.3) is 0 Å². The average Bonchev–Trinajstić information content (AvgIpc) is 2.43. The molecule has 0 saturated carbocycles. The lowest BCUT2D eigenvalue weighted by molar-refractivity contribution is 0.477. The molecule has 1 aromatic heterocycles. The van der Waals surface area contributed by atoms with Gasteiger partial charge < -0.3 is 5.32 Å². The second-order valence-corrected chi connectivity index (χ2v) is 4.53. The van der Waals surface area contributed by atoms with Gasteiger partial charge in [-0.15, -0.1) is 0 Å². The Hall–Kier alpha value is -1.88. The number of aryl methyl sites for hydroxylation is 1. The summed E-state index contributed by atoms with van der Waals surface area (Å²) >= 11 is 0. The number of rotatable bonds is 4. The summed E-state index contributed by atoms with van der Waals surface area (Å²) < 4.78 is 41.1. The Balaban J connectivity index is 2.51. The van der Waals surface area contributed by atoms with E-state index in [1.807, 2.05) is 6.92 Å². The Morgan fingerprint density at radius 1 is 1.15 bits per heavy atom. The van der Waals surface area contributed by atoms with Gasteiger partial charge in [-0.3, -0.25) is 4.98 Å². The Morgan fingerprint density at radius 2 is 1.90 bits per heavy atom. The fourth-order valence-corrected chi connectivity index (χ4v) is 2.08. The standard InChI is InChI=1S/C15H15F3N2/c1-3-20-15(10-6-11(16)8-19-7-10)12-5-4-9(2)13(17)14(12)18/h4-8,15,20H,3H2,1-2H3. The van der Waals surface area contributed by atoms with Crippen LogP contribution >= 0.6 is 0 Å². The molecule has 1 unspecified atom stereocenters. The smallest absolute Gasteiger partial charge is 0.164 e. The van der Waals surface area contributed by atoms with Crippen LogP contribution in [0.5, 0.6) is 0 Å². The van der Waals surface area contributed by atoms with Crippen LogP contribution in [0.3, 0.4) is 0 Å². The van der Waals surface area contributed by atoms with Crippen molar-refractivity contribution in [3.63, 3.8) is 0 Å². The highest BCUT2D eigenvalue weighted by Gasteiger charge is 2.21. The molecule has 20 heavy (non-hydrogen) atoms. The van der Waals surface area contributed by atoms with Gasteiger partial charge in [0, 0.05) is 11.8 Å². The minimum Gasteiger partial charge on any atom is -0.306 e. The van der Waals surface area contributed by atoms with E-state index < -0.39 is 23.5 Å². The van der Waals surface area contributed by atoms with Gasteiger partial charge in [0.25, 0.3) is 0 Å². The summed E-state index contributed by atoms with van der Waals surface area (Å²) in [6.07, 6.45) is 2.51. The number of nitrogens with one attached hydrogen (secondary N) is 1. The molecule has 0 fully saturated rings. The highest BCUT2D eigenvalue weighted by atomic mass is 19.2. The Kier molecular flexibility index (Phi) is 4.39. The Bertz CT molecular complexity index is 614. The molecule has 0 radical (unpaired) electrons. The van der Waals surface area contributed by atoms with Gasteiger partial charge in [0.05, 0.1) is 12.2 Å². The summed E-state index contributed by atoms with van der Waals surface area (Å²) in [5.74, 6) is -2.31. The molecule has 0 saturated heterocycles. The maximum Gasteiger partial charge on any atom is 0.164 e. The van der Waals surface area contributed by atoms with Crippen molar-refractivity contribution >= 4 is 0 Å². The number of benzene rings is 1. The zero-order chi connectivity index (χ0) is 14.7. The molecule has 5 heteroatoms. The second-order valence-electron chi connectivity index (χ2n) is 4.53. The fourth-order valence-electron chi connectivity index (χ4n) is 2.08. The van der Waals surface area contributed by atoms with E-state index in [0.29, 0.717) is 12.1 Å². The van der Waals surface area contributed by atoms with E-state index in [-0.39, 0.29) is 11.1 Å². The van der Waals surface area contributed by atoms with Crippen LogP contribution in [0.15, 0.2) is 30.6 Å². The Morgan fingerprint density at radius 3 is 2.55 bits per heavy atom. The fraction of sp³-hybridized carbons (Fsp3) is 0.267. The molecule has 1 heterocycles. The van der Waals surface area contributed by atoms with Crippen LogP contribution in [-0.2, 0) is 0 Å². The maximum absolute atomic E-state index is 14.1. The minimum atomic E-state index is -0.916. The third-order valence-corrected chi connectivity index (χ3v) is 3.08. The second kappa shape index (κ2) is 6.05. The SMILES string of the molecule is CCNC(c1cncc(F)c1)c1ccc(C)c(F)c1F. The van der Waals surface area contributed by atoms with Gasteiger partial charge in [-0.1, -0.05) is 19.1 Å². The van der Waals surface area contributed by atoms with Crippen LogP contribution in [-0.4, -0.2) is 11.5 Å². The summed E-state index contributed by atoms with van der Waals surface area (Å²) in [6, 6.07) is 3.63. The molecule has 0 aliphatic rings. The van der Waals surface area contributed by atoms with E-state index in [2.05, 4.69) is 10.3 Å². The van der Waals surface area contributed by atoms with Crippen LogP contribution < -0.4 is 5.32 Å². The maximum atomic E-state index is 14.1. The normalized spacial score (nSPS) is 12.4. The largest absolute Gasteiger partial charge is 0.306 e. The van der Waals surface area contributed by atoms with Gasteiger partial charge in [-0.25, -0.2) is 13.2 Å². The van der Waals surface area contributed by atoms with E-state index >= 15 is 0 Å². The minimum absolute atomic E-state index is 0.141. The molecule has 0 bridgehead atoms. The van der Waals surface area contributed by atoms with E-state index in [1.54, 1.807) is 0 Å². The van der Waals surface area contributed by atoms with E-state index in [0.717, 1.165) is 6.20 Å². The van der Waals surface area contributed by atoms with Crippen LogP contribution in [0.4, 0.5) is 13.2 Å². The third kappa shape index (κ3) is 2.82. The van der Waals surface area contributed by atoms with Gasteiger partial charge in [-0.2, -0.15) is 0 Å². The topological polar surface area (TPSA) is 24.9 Å². The molecule has 1 N–H and O–H groups in total. The molecule has 0 aliphatic carbocycles. The highest BCUT2D eigenvalue weighted by molar-refractivity contribution is 5.34. The molecule has 0 amide bonds. The van der Waals surface area contributed by atoms with Crippen molar-refractivity contribution in [2.75, 3.05) is 6.54 Å². The third-order valence-electron chi connectivity index (χ3n) is 3.08. The lowest BCUT2D eigenvalue weighted by Gasteiger charge is -2.20. The first-order chi connectivity index (χ1) is 9.54. The molecular formula is C15H15F3N2. The average molecular weight is 280 g/mol. The van der Waals surface area contributed by atoms with Gasteiger partial charge in [0.15, 0.2) is 11.6 Å². The number of halogens is 3. The quantitative estimate of drug-likeness (QED) is 0.927. The number of nitrogens with zero attached hydrogens (tertiary/aromatic N) is 1. The van der Waals surface area contributed by atoms with Gasteiger partial charge in [0.2, 0.25) is 0 Å². The molecular weight excluding hydrogens is 265 g/mol.